The molecule has 0 saturated heterocycles. The molecule has 3 rings (SSSR count). The molecular weight excluding hydrogens is 394 g/mol. The molecule has 3 aromatic rings. The summed E-state index contributed by atoms with van der Waals surface area (Å²) in [6.45, 7) is 13.9. The van der Waals surface area contributed by atoms with Gasteiger partial charge in [0.15, 0.2) is 0 Å². The third-order valence-corrected chi connectivity index (χ3v) is 6.74. The highest BCUT2D eigenvalue weighted by Gasteiger charge is 2.28. The van der Waals surface area contributed by atoms with Crippen LogP contribution in [0.25, 0.3) is 16.5 Å². The molecule has 0 aliphatic carbocycles. The van der Waals surface area contributed by atoms with E-state index in [-0.39, 0.29) is 0 Å². The number of allylic oxidation sites excluding steroid dienone is 1. The van der Waals surface area contributed by atoms with E-state index in [4.69, 9.17) is 11.6 Å². The topological polar surface area (TPSA) is 30.7 Å². The van der Waals surface area contributed by atoms with Crippen LogP contribution in [0.3, 0.4) is 0 Å². The van der Waals surface area contributed by atoms with Crippen LogP contribution in [0, 0.1) is 6.92 Å². The lowest BCUT2D eigenvalue weighted by atomic mass is 10.1. The van der Waals surface area contributed by atoms with E-state index in [9.17, 15) is 0 Å². The summed E-state index contributed by atoms with van der Waals surface area (Å²) in [7, 11) is -1.73. The van der Waals surface area contributed by atoms with Gasteiger partial charge in [-0.15, -0.1) is 10.8 Å². The molecular formula is C24H28ClN3Si. The lowest BCUT2D eigenvalue weighted by Crippen LogP contribution is -2.25. The Morgan fingerprint density at radius 1 is 1.07 bits per heavy atom. The largest absolute Gasteiger partial charge is 0.240 e. The van der Waals surface area contributed by atoms with Gasteiger partial charge in [0.1, 0.15) is 5.69 Å². The van der Waals surface area contributed by atoms with Crippen molar-refractivity contribution < 1.29 is 0 Å². The molecule has 0 bridgehead atoms. The number of hydrogen-bond acceptors (Lipinski definition) is 2. The molecule has 2 aromatic carbocycles. The summed E-state index contributed by atoms with van der Waals surface area (Å²) >= 11 is 6.21. The fourth-order valence-electron chi connectivity index (χ4n) is 3.24. The van der Waals surface area contributed by atoms with Gasteiger partial charge in [-0.25, -0.2) is 4.68 Å². The van der Waals surface area contributed by atoms with Gasteiger partial charge in [0.25, 0.3) is 0 Å². The third-order valence-electron chi connectivity index (χ3n) is 4.64. The van der Waals surface area contributed by atoms with E-state index in [1.165, 1.54) is 10.8 Å². The van der Waals surface area contributed by atoms with Crippen LogP contribution in [0.1, 0.15) is 30.7 Å². The second-order valence-corrected chi connectivity index (χ2v) is 14.1. The maximum Gasteiger partial charge on any atom is 0.120 e. The van der Waals surface area contributed by atoms with Crippen LogP contribution in [-0.2, 0) is 6.54 Å². The Balaban J connectivity index is 2.24. The molecule has 29 heavy (non-hydrogen) atoms. The van der Waals surface area contributed by atoms with Crippen LogP contribution in [-0.4, -0.2) is 23.1 Å². The van der Waals surface area contributed by atoms with Crippen molar-refractivity contribution in [1.82, 2.24) is 15.0 Å². The standard InChI is InChI=1S/C24H28ClN3Si/c1-17(2)14-22(29(4,5)6)24-23(20-12-10-18(3)11-13-20)26-27-28(24)16-19-8-7-9-21(25)15-19/h7-13,15H,16H2,1-6H3. The van der Waals surface area contributed by atoms with Gasteiger partial charge in [-0.3, -0.25) is 0 Å². The molecule has 1 aromatic heterocycles. The van der Waals surface area contributed by atoms with E-state index in [1.54, 1.807) is 0 Å². The van der Waals surface area contributed by atoms with Gasteiger partial charge in [0, 0.05) is 15.8 Å². The van der Waals surface area contributed by atoms with Gasteiger partial charge < -0.3 is 0 Å². The lowest BCUT2D eigenvalue weighted by Gasteiger charge is -2.21. The second-order valence-electron chi connectivity index (χ2n) is 8.69. The van der Waals surface area contributed by atoms with E-state index in [0.717, 1.165) is 33.1 Å². The SMILES string of the molecule is CC(C)=C=C(c1c(-c2ccc(C)cc2)nnn1Cc1cccc(Cl)c1)[Si](C)(C)C. The summed E-state index contributed by atoms with van der Waals surface area (Å²) in [5, 5.41) is 11.1. The molecule has 0 unspecified atom stereocenters. The third kappa shape index (κ3) is 5.16. The summed E-state index contributed by atoms with van der Waals surface area (Å²) in [6, 6.07) is 16.4. The van der Waals surface area contributed by atoms with Crippen molar-refractivity contribution >= 4 is 24.9 Å². The number of halogens is 1. The molecule has 0 radical (unpaired) electrons. The van der Waals surface area contributed by atoms with Crippen molar-refractivity contribution in [1.29, 1.82) is 0 Å². The molecule has 0 saturated carbocycles. The molecule has 5 heteroatoms. The predicted molar refractivity (Wildman–Crippen MR) is 126 cm³/mol. The Kier molecular flexibility index (Phi) is 6.28. The van der Waals surface area contributed by atoms with E-state index in [0.29, 0.717) is 6.54 Å². The highest BCUT2D eigenvalue weighted by atomic mass is 35.5. The minimum Gasteiger partial charge on any atom is -0.240 e. The minimum atomic E-state index is -1.73. The van der Waals surface area contributed by atoms with Crippen molar-refractivity contribution in [3.8, 4) is 11.3 Å². The quantitative estimate of drug-likeness (QED) is 0.335. The number of aryl methyl sites for hydroxylation is 1. The Morgan fingerprint density at radius 2 is 1.76 bits per heavy atom. The molecule has 0 aliphatic rings. The maximum atomic E-state index is 6.21. The normalized spacial score (nSPS) is 11.3. The highest BCUT2D eigenvalue weighted by Crippen LogP contribution is 2.33. The average molecular weight is 422 g/mol. The Bertz CT molecular complexity index is 1080. The zero-order valence-corrected chi connectivity index (χ0v) is 19.8. The molecule has 0 N–H and O–H groups in total. The van der Waals surface area contributed by atoms with Crippen molar-refractivity contribution in [3.05, 3.63) is 81.7 Å². The molecule has 3 nitrogen and oxygen atoms in total. The fourth-order valence-corrected chi connectivity index (χ4v) is 5.03. The Hall–Kier alpha value is -2.39. The van der Waals surface area contributed by atoms with Crippen molar-refractivity contribution in [3.63, 3.8) is 0 Å². The molecule has 0 aliphatic heterocycles. The van der Waals surface area contributed by atoms with Crippen molar-refractivity contribution in [2.75, 3.05) is 0 Å². The minimum absolute atomic E-state index is 0.618. The van der Waals surface area contributed by atoms with Gasteiger partial charge >= 0.3 is 0 Å². The zero-order valence-electron chi connectivity index (χ0n) is 18.0. The van der Waals surface area contributed by atoms with E-state index in [1.807, 2.05) is 22.9 Å². The monoisotopic (exact) mass is 421 g/mol. The summed E-state index contributed by atoms with van der Waals surface area (Å²) in [4.78, 5) is 0. The van der Waals surface area contributed by atoms with Gasteiger partial charge in [-0.2, -0.15) is 0 Å². The highest BCUT2D eigenvalue weighted by molar-refractivity contribution is 6.93. The van der Waals surface area contributed by atoms with E-state index in [2.05, 4.69) is 86.8 Å². The van der Waals surface area contributed by atoms with Crippen LogP contribution in [0.2, 0.25) is 24.7 Å². The van der Waals surface area contributed by atoms with Gasteiger partial charge in [0.05, 0.1) is 20.3 Å². The zero-order chi connectivity index (χ0) is 21.2. The molecule has 1 heterocycles. The van der Waals surface area contributed by atoms with E-state index < -0.39 is 8.07 Å². The molecule has 0 atom stereocenters. The summed E-state index contributed by atoms with van der Waals surface area (Å²) < 4.78 is 2.00. The average Bonchev–Trinajstić information content (AvgIpc) is 3.02. The van der Waals surface area contributed by atoms with Crippen molar-refractivity contribution in [2.24, 2.45) is 0 Å². The summed E-state index contributed by atoms with van der Waals surface area (Å²) in [6.07, 6.45) is 0. The number of rotatable bonds is 5. The first-order valence-corrected chi connectivity index (χ1v) is 13.7. The van der Waals surface area contributed by atoms with Crippen LogP contribution in [0.15, 0.2) is 59.8 Å². The van der Waals surface area contributed by atoms with Crippen LogP contribution in [0.5, 0.6) is 0 Å². The second kappa shape index (κ2) is 8.54. The smallest absolute Gasteiger partial charge is 0.120 e. The maximum absolute atomic E-state index is 6.21. The fraction of sp³-hybridized carbons (Fsp3) is 0.292. The number of nitrogens with zero attached hydrogens (tertiary/aromatic N) is 3. The van der Waals surface area contributed by atoms with Crippen LogP contribution in [0.4, 0.5) is 0 Å². The summed E-state index contributed by atoms with van der Waals surface area (Å²) in [5.74, 6) is 0. The lowest BCUT2D eigenvalue weighted by molar-refractivity contribution is 0.644. The molecule has 0 spiro atoms. The van der Waals surface area contributed by atoms with Crippen LogP contribution < -0.4 is 0 Å². The Morgan fingerprint density at radius 3 is 2.34 bits per heavy atom. The molecule has 150 valence electrons. The van der Waals surface area contributed by atoms with Crippen LogP contribution >= 0.6 is 11.6 Å². The first-order chi connectivity index (χ1) is 13.6. The molecule has 0 fully saturated rings. The number of hydrogen-bond donors (Lipinski definition) is 0. The predicted octanol–water partition coefficient (Wildman–Crippen LogP) is 6.78. The van der Waals surface area contributed by atoms with Crippen molar-refractivity contribution in [2.45, 2.75) is 47.0 Å². The number of aromatic nitrogens is 3. The van der Waals surface area contributed by atoms with Gasteiger partial charge in [0.2, 0.25) is 0 Å². The Labute approximate surface area is 179 Å². The van der Waals surface area contributed by atoms with E-state index >= 15 is 0 Å². The first-order valence-electron chi connectivity index (χ1n) is 9.85. The first kappa shape index (κ1) is 21.3. The summed E-state index contributed by atoms with van der Waals surface area (Å²) in [5.41, 5.74) is 10.2. The van der Waals surface area contributed by atoms with Gasteiger partial charge in [-0.1, -0.05) is 78.4 Å². The molecule has 0 amide bonds. The van der Waals surface area contributed by atoms with Gasteiger partial charge in [-0.05, 0) is 44.0 Å². The number of benzene rings is 2.